The molecule has 0 saturated carbocycles. The van der Waals surface area contributed by atoms with Gasteiger partial charge in [0.15, 0.2) is 0 Å². The van der Waals surface area contributed by atoms with Gasteiger partial charge in [0, 0.05) is 0 Å². The van der Waals surface area contributed by atoms with Crippen molar-refractivity contribution >= 4 is 11.8 Å². The lowest BCUT2D eigenvalue weighted by Crippen LogP contribution is -2.26. The van der Waals surface area contributed by atoms with Gasteiger partial charge in [0.25, 0.3) is 0 Å². The smallest absolute Gasteiger partial charge is 0.170 e. The van der Waals surface area contributed by atoms with Gasteiger partial charge < -0.3 is 0 Å². The molecule has 0 aromatic rings. The van der Waals surface area contributed by atoms with Gasteiger partial charge in [-0.25, -0.2) is 0 Å². The molecule has 0 fully saturated rings. The van der Waals surface area contributed by atoms with E-state index in [1.165, 1.54) is 0 Å². The predicted octanol–water partition coefficient (Wildman–Crippen LogP) is 4.50. The van der Waals surface area contributed by atoms with Crippen LogP contribution in [0.2, 0.25) is 0 Å². The highest BCUT2D eigenvalue weighted by Crippen LogP contribution is 2.34. The Hall–Kier alpha value is 0.140. The molecule has 0 saturated heterocycles. The highest BCUT2D eigenvalue weighted by atomic mass is 32.2. The molecule has 14 heavy (non-hydrogen) atoms. The van der Waals surface area contributed by atoms with Gasteiger partial charge in [-0.1, -0.05) is 33.6 Å². The summed E-state index contributed by atoms with van der Waals surface area (Å²) in [6, 6.07) is 0. The number of thioether (sulfide) groups is 1. The quantitative estimate of drug-likeness (QED) is 0.645. The second-order valence-corrected chi connectivity index (χ2v) is 5.29. The third kappa shape index (κ3) is 6.57. The molecule has 0 bridgehead atoms. The average Bonchev–Trinajstić information content (AvgIpc) is 2.00. The van der Waals surface area contributed by atoms with Crippen LogP contribution in [0.15, 0.2) is 0 Å². The molecule has 1 unspecified atom stereocenters. The van der Waals surface area contributed by atoms with E-state index >= 15 is 0 Å². The molecule has 0 radical (unpaired) electrons. The molecule has 0 heterocycles. The maximum atomic E-state index is 12.4. The number of alkyl halides is 3. The Labute approximate surface area is 88.6 Å². The topological polar surface area (TPSA) is 0 Å². The third-order valence-electron chi connectivity index (χ3n) is 1.98. The normalized spacial score (nSPS) is 14.8. The van der Waals surface area contributed by atoms with Crippen LogP contribution in [0.1, 0.15) is 40.0 Å². The lowest BCUT2D eigenvalue weighted by molar-refractivity contribution is -0.130. The summed E-state index contributed by atoms with van der Waals surface area (Å²) in [6.07, 6.45) is -2.20. The fourth-order valence-corrected chi connectivity index (χ4v) is 2.18. The van der Waals surface area contributed by atoms with Gasteiger partial charge in [-0.3, -0.25) is 0 Å². The third-order valence-corrected chi connectivity index (χ3v) is 3.22. The van der Waals surface area contributed by atoms with Crippen LogP contribution >= 0.6 is 11.8 Å². The van der Waals surface area contributed by atoms with E-state index in [2.05, 4.69) is 0 Å². The van der Waals surface area contributed by atoms with E-state index < -0.39 is 11.4 Å². The van der Waals surface area contributed by atoms with Gasteiger partial charge in [0.2, 0.25) is 0 Å². The Kier molecular flexibility index (Phi) is 6.66. The fourth-order valence-electron chi connectivity index (χ4n) is 1.25. The summed E-state index contributed by atoms with van der Waals surface area (Å²) in [7, 11) is 0. The van der Waals surface area contributed by atoms with Crippen LogP contribution in [0, 0.1) is 5.92 Å². The Balaban J connectivity index is 3.86. The summed E-state index contributed by atoms with van der Waals surface area (Å²) in [5, 5.41) is -1.16. The Morgan fingerprint density at radius 1 is 1.14 bits per heavy atom. The minimum atomic E-state index is -4.03. The van der Waals surface area contributed by atoms with E-state index in [0.717, 1.165) is 18.2 Å². The molecule has 0 aromatic carbocycles. The zero-order valence-electron chi connectivity index (χ0n) is 9.03. The van der Waals surface area contributed by atoms with Crippen molar-refractivity contribution in [3.8, 4) is 0 Å². The van der Waals surface area contributed by atoms with Crippen LogP contribution in [0.4, 0.5) is 13.2 Å². The van der Waals surface area contributed by atoms with Crippen LogP contribution in [0.25, 0.3) is 0 Å². The average molecular weight is 228 g/mol. The maximum Gasteiger partial charge on any atom is 0.400 e. The van der Waals surface area contributed by atoms with Crippen LogP contribution in [0.5, 0.6) is 0 Å². The number of hydrogen-bond donors (Lipinski definition) is 0. The van der Waals surface area contributed by atoms with Crippen molar-refractivity contribution in [3.63, 3.8) is 0 Å². The second-order valence-electron chi connectivity index (χ2n) is 3.81. The summed E-state index contributed by atoms with van der Waals surface area (Å²) in [6.45, 7) is 5.84. The van der Waals surface area contributed by atoms with Crippen molar-refractivity contribution in [1.82, 2.24) is 0 Å². The molecular formula is C10H19F3S. The zero-order chi connectivity index (χ0) is 11.2. The molecule has 0 rings (SSSR count). The molecule has 86 valence electrons. The summed E-state index contributed by atoms with van der Waals surface area (Å²) < 4.78 is 37.2. The van der Waals surface area contributed by atoms with E-state index in [4.69, 9.17) is 0 Å². The molecule has 0 aliphatic rings. The van der Waals surface area contributed by atoms with Gasteiger partial charge >= 0.3 is 6.18 Å². The van der Waals surface area contributed by atoms with E-state index in [1.807, 2.05) is 13.8 Å². The van der Waals surface area contributed by atoms with Crippen molar-refractivity contribution in [1.29, 1.82) is 0 Å². The van der Waals surface area contributed by atoms with E-state index in [0.29, 0.717) is 18.1 Å². The largest absolute Gasteiger partial charge is 0.400 e. The van der Waals surface area contributed by atoms with E-state index in [-0.39, 0.29) is 6.42 Å². The Morgan fingerprint density at radius 3 is 2.07 bits per heavy atom. The van der Waals surface area contributed by atoms with Crippen LogP contribution < -0.4 is 0 Å². The minimum Gasteiger partial charge on any atom is -0.170 e. The van der Waals surface area contributed by atoms with E-state index in [9.17, 15) is 13.2 Å². The molecule has 0 amide bonds. The van der Waals surface area contributed by atoms with Gasteiger partial charge in [-0.15, -0.1) is 11.8 Å². The zero-order valence-corrected chi connectivity index (χ0v) is 9.84. The van der Waals surface area contributed by atoms with Gasteiger partial charge in [0.05, 0.1) is 0 Å². The molecule has 0 aromatic heterocycles. The minimum absolute atomic E-state index is 0.264. The Bertz CT molecular complexity index is 143. The van der Waals surface area contributed by atoms with Gasteiger partial charge in [0.1, 0.15) is 5.25 Å². The molecule has 4 heteroatoms. The van der Waals surface area contributed by atoms with Crippen molar-refractivity contribution in [2.45, 2.75) is 51.5 Å². The standard InChI is InChI=1S/C10H19F3S/c1-4-14-9(10(11,12)13)7-5-6-8(2)3/h8-9H,4-7H2,1-3H3. The molecule has 0 spiro atoms. The summed E-state index contributed by atoms with van der Waals surface area (Å²) in [5.74, 6) is 1.03. The molecule has 0 N–H and O–H groups in total. The van der Waals surface area contributed by atoms with Crippen LogP contribution in [-0.2, 0) is 0 Å². The predicted molar refractivity (Wildman–Crippen MR) is 56.7 cm³/mol. The monoisotopic (exact) mass is 228 g/mol. The highest BCUT2D eigenvalue weighted by Gasteiger charge is 2.38. The van der Waals surface area contributed by atoms with Gasteiger partial charge in [-0.05, 0) is 18.1 Å². The van der Waals surface area contributed by atoms with E-state index in [1.54, 1.807) is 6.92 Å². The molecule has 0 nitrogen and oxygen atoms in total. The highest BCUT2D eigenvalue weighted by molar-refractivity contribution is 7.99. The molecule has 1 atom stereocenters. The Morgan fingerprint density at radius 2 is 1.71 bits per heavy atom. The lowest BCUT2D eigenvalue weighted by atomic mass is 10.1. The van der Waals surface area contributed by atoms with Crippen molar-refractivity contribution in [2.75, 3.05) is 5.75 Å². The summed E-state index contributed by atoms with van der Waals surface area (Å²) >= 11 is 1.01. The first-order valence-electron chi connectivity index (χ1n) is 5.06. The fraction of sp³-hybridized carbons (Fsp3) is 1.00. The van der Waals surface area contributed by atoms with Gasteiger partial charge in [-0.2, -0.15) is 13.2 Å². The molecular weight excluding hydrogens is 209 g/mol. The number of rotatable bonds is 6. The first-order chi connectivity index (χ1) is 6.38. The maximum absolute atomic E-state index is 12.4. The first-order valence-corrected chi connectivity index (χ1v) is 6.11. The molecule has 0 aliphatic heterocycles. The van der Waals surface area contributed by atoms with Crippen molar-refractivity contribution in [2.24, 2.45) is 5.92 Å². The summed E-state index contributed by atoms with van der Waals surface area (Å²) in [5.41, 5.74) is 0. The van der Waals surface area contributed by atoms with Crippen molar-refractivity contribution < 1.29 is 13.2 Å². The van der Waals surface area contributed by atoms with Crippen LogP contribution in [0.3, 0.4) is 0 Å². The SMILES string of the molecule is CCSC(CCCC(C)C)C(F)(F)F. The number of halogens is 3. The lowest BCUT2D eigenvalue weighted by Gasteiger charge is -2.19. The second kappa shape index (κ2) is 6.59. The molecule has 0 aliphatic carbocycles. The first kappa shape index (κ1) is 14.1. The number of hydrogen-bond acceptors (Lipinski definition) is 1. The van der Waals surface area contributed by atoms with Crippen LogP contribution in [-0.4, -0.2) is 17.2 Å². The summed E-state index contributed by atoms with van der Waals surface area (Å²) in [4.78, 5) is 0. The van der Waals surface area contributed by atoms with Crippen molar-refractivity contribution in [3.05, 3.63) is 0 Å².